The SMILES string of the molecule is CCC(COC)NC1C2CCC1Cc1ccccc1C2. The highest BCUT2D eigenvalue weighted by Gasteiger charge is 2.39. The number of benzene rings is 1. The highest BCUT2D eigenvalue weighted by Crippen LogP contribution is 2.40. The third kappa shape index (κ3) is 2.77. The maximum atomic E-state index is 5.36. The van der Waals surface area contributed by atoms with Crippen LogP contribution in [0.1, 0.15) is 37.3 Å². The van der Waals surface area contributed by atoms with Gasteiger partial charge in [0.25, 0.3) is 0 Å². The summed E-state index contributed by atoms with van der Waals surface area (Å²) in [4.78, 5) is 0. The van der Waals surface area contributed by atoms with Crippen LogP contribution < -0.4 is 5.32 Å². The number of fused-ring (bicyclic) bond motifs is 3. The van der Waals surface area contributed by atoms with E-state index in [4.69, 9.17) is 4.74 Å². The van der Waals surface area contributed by atoms with Crippen molar-refractivity contribution in [1.82, 2.24) is 5.32 Å². The van der Waals surface area contributed by atoms with E-state index in [2.05, 4.69) is 36.5 Å². The lowest BCUT2D eigenvalue weighted by atomic mass is 9.94. The molecule has 2 bridgehead atoms. The molecule has 3 unspecified atom stereocenters. The second-order valence-electron chi connectivity index (χ2n) is 6.53. The fraction of sp³-hybridized carbons (Fsp3) is 0.667. The van der Waals surface area contributed by atoms with E-state index in [0.717, 1.165) is 24.9 Å². The van der Waals surface area contributed by atoms with Crippen molar-refractivity contribution < 1.29 is 4.74 Å². The first-order valence-corrected chi connectivity index (χ1v) is 8.13. The van der Waals surface area contributed by atoms with Crippen molar-refractivity contribution in [2.24, 2.45) is 11.8 Å². The van der Waals surface area contributed by atoms with E-state index in [9.17, 15) is 0 Å². The van der Waals surface area contributed by atoms with Crippen molar-refractivity contribution in [2.45, 2.75) is 51.1 Å². The predicted octanol–water partition coefficient (Wildman–Crippen LogP) is 3.19. The van der Waals surface area contributed by atoms with Crippen molar-refractivity contribution in [3.05, 3.63) is 35.4 Å². The van der Waals surface area contributed by atoms with Crippen LogP contribution in [0, 0.1) is 11.8 Å². The zero-order chi connectivity index (χ0) is 13.9. The van der Waals surface area contributed by atoms with Gasteiger partial charge in [0, 0.05) is 19.2 Å². The van der Waals surface area contributed by atoms with E-state index in [1.54, 1.807) is 11.1 Å². The van der Waals surface area contributed by atoms with Gasteiger partial charge in [-0.3, -0.25) is 0 Å². The molecule has 3 rings (SSSR count). The van der Waals surface area contributed by atoms with Crippen molar-refractivity contribution in [3.63, 3.8) is 0 Å². The van der Waals surface area contributed by atoms with Crippen LogP contribution in [-0.2, 0) is 17.6 Å². The summed E-state index contributed by atoms with van der Waals surface area (Å²) in [7, 11) is 1.81. The average Bonchev–Trinajstić information content (AvgIpc) is 2.73. The van der Waals surface area contributed by atoms with Gasteiger partial charge in [-0.1, -0.05) is 31.2 Å². The van der Waals surface area contributed by atoms with E-state index < -0.39 is 0 Å². The summed E-state index contributed by atoms with van der Waals surface area (Å²) in [5.74, 6) is 1.63. The first-order chi connectivity index (χ1) is 9.81. The molecule has 0 amide bonds. The number of nitrogens with one attached hydrogen (secondary N) is 1. The Hall–Kier alpha value is -0.860. The van der Waals surface area contributed by atoms with Gasteiger partial charge in [-0.05, 0) is 55.1 Å². The molecule has 0 spiro atoms. The van der Waals surface area contributed by atoms with Crippen LogP contribution in [-0.4, -0.2) is 25.8 Å². The Kier molecular flexibility index (Phi) is 4.42. The molecule has 1 aromatic rings. The molecular weight excluding hydrogens is 246 g/mol. The van der Waals surface area contributed by atoms with Crippen LogP contribution >= 0.6 is 0 Å². The molecular formula is C18H27NO. The highest BCUT2D eigenvalue weighted by molar-refractivity contribution is 5.30. The van der Waals surface area contributed by atoms with Crippen LogP contribution in [0.2, 0.25) is 0 Å². The van der Waals surface area contributed by atoms with Gasteiger partial charge in [-0.15, -0.1) is 0 Å². The van der Waals surface area contributed by atoms with E-state index in [0.29, 0.717) is 12.1 Å². The third-order valence-electron chi connectivity index (χ3n) is 5.30. The van der Waals surface area contributed by atoms with E-state index in [1.165, 1.54) is 25.7 Å². The molecule has 1 aromatic carbocycles. The molecule has 20 heavy (non-hydrogen) atoms. The van der Waals surface area contributed by atoms with Gasteiger partial charge in [-0.25, -0.2) is 0 Å². The molecule has 0 aromatic heterocycles. The Morgan fingerprint density at radius 2 is 1.75 bits per heavy atom. The van der Waals surface area contributed by atoms with Crippen LogP contribution in [0.5, 0.6) is 0 Å². The zero-order valence-corrected chi connectivity index (χ0v) is 12.8. The zero-order valence-electron chi connectivity index (χ0n) is 12.8. The van der Waals surface area contributed by atoms with E-state index in [1.807, 2.05) is 7.11 Å². The maximum absolute atomic E-state index is 5.36. The Morgan fingerprint density at radius 1 is 1.15 bits per heavy atom. The Balaban J connectivity index is 1.75. The van der Waals surface area contributed by atoms with E-state index >= 15 is 0 Å². The summed E-state index contributed by atoms with van der Waals surface area (Å²) < 4.78 is 5.36. The lowest BCUT2D eigenvalue weighted by Gasteiger charge is -2.28. The molecule has 0 aliphatic heterocycles. The fourth-order valence-corrected chi connectivity index (χ4v) is 4.18. The molecule has 110 valence electrons. The highest BCUT2D eigenvalue weighted by atomic mass is 16.5. The number of ether oxygens (including phenoxy) is 1. The van der Waals surface area contributed by atoms with Gasteiger partial charge < -0.3 is 10.1 Å². The Morgan fingerprint density at radius 3 is 2.25 bits per heavy atom. The molecule has 1 N–H and O–H groups in total. The van der Waals surface area contributed by atoms with Crippen molar-refractivity contribution >= 4 is 0 Å². The Bertz CT molecular complexity index is 412. The fourth-order valence-electron chi connectivity index (χ4n) is 4.18. The second kappa shape index (κ2) is 6.28. The number of hydrogen-bond acceptors (Lipinski definition) is 2. The molecule has 2 heteroatoms. The number of rotatable bonds is 5. The molecule has 3 atom stereocenters. The monoisotopic (exact) mass is 273 g/mol. The number of methoxy groups -OCH3 is 1. The van der Waals surface area contributed by atoms with E-state index in [-0.39, 0.29) is 0 Å². The minimum absolute atomic E-state index is 0.509. The standard InChI is InChI=1S/C18H27NO/c1-3-17(12-20-2)19-18-15-8-9-16(18)11-14-7-5-4-6-13(14)10-15/h4-7,15-19H,3,8-12H2,1-2H3. The minimum Gasteiger partial charge on any atom is -0.383 e. The van der Waals surface area contributed by atoms with Gasteiger partial charge in [0.1, 0.15) is 0 Å². The van der Waals surface area contributed by atoms with Crippen LogP contribution in [0.4, 0.5) is 0 Å². The van der Waals surface area contributed by atoms with Gasteiger partial charge in [-0.2, -0.15) is 0 Å². The minimum atomic E-state index is 0.509. The summed E-state index contributed by atoms with van der Waals surface area (Å²) >= 11 is 0. The largest absolute Gasteiger partial charge is 0.383 e. The summed E-state index contributed by atoms with van der Waals surface area (Å²) in [5.41, 5.74) is 3.18. The van der Waals surface area contributed by atoms with Crippen LogP contribution in [0.15, 0.2) is 24.3 Å². The lowest BCUT2D eigenvalue weighted by Crippen LogP contribution is -2.46. The molecule has 0 radical (unpaired) electrons. The molecule has 2 aliphatic rings. The number of hydrogen-bond donors (Lipinski definition) is 1. The quantitative estimate of drug-likeness (QED) is 0.889. The van der Waals surface area contributed by atoms with Gasteiger partial charge >= 0.3 is 0 Å². The molecule has 1 saturated carbocycles. The summed E-state index contributed by atoms with van der Waals surface area (Å²) in [6.07, 6.45) is 6.44. The van der Waals surface area contributed by atoms with Crippen molar-refractivity contribution in [3.8, 4) is 0 Å². The molecule has 2 aliphatic carbocycles. The summed E-state index contributed by atoms with van der Waals surface area (Å²) in [5, 5.41) is 3.92. The van der Waals surface area contributed by atoms with Gasteiger partial charge in [0.05, 0.1) is 6.61 Å². The summed E-state index contributed by atoms with van der Waals surface area (Å²) in [6.45, 7) is 3.09. The lowest BCUT2D eigenvalue weighted by molar-refractivity contribution is 0.148. The maximum Gasteiger partial charge on any atom is 0.0615 e. The molecule has 0 heterocycles. The Labute approximate surface area is 122 Å². The van der Waals surface area contributed by atoms with Crippen molar-refractivity contribution in [1.29, 1.82) is 0 Å². The normalized spacial score (nSPS) is 29.8. The predicted molar refractivity (Wildman–Crippen MR) is 82.9 cm³/mol. The molecule has 0 saturated heterocycles. The smallest absolute Gasteiger partial charge is 0.0615 e. The topological polar surface area (TPSA) is 21.3 Å². The summed E-state index contributed by atoms with van der Waals surface area (Å²) in [6, 6.07) is 10.2. The van der Waals surface area contributed by atoms with Crippen LogP contribution in [0.25, 0.3) is 0 Å². The third-order valence-corrected chi connectivity index (χ3v) is 5.30. The van der Waals surface area contributed by atoms with Crippen LogP contribution in [0.3, 0.4) is 0 Å². The second-order valence-corrected chi connectivity index (χ2v) is 6.53. The molecule has 2 nitrogen and oxygen atoms in total. The first-order valence-electron chi connectivity index (χ1n) is 8.13. The van der Waals surface area contributed by atoms with Gasteiger partial charge in [0.15, 0.2) is 0 Å². The molecule has 1 fully saturated rings. The average molecular weight is 273 g/mol. The first kappa shape index (κ1) is 14.1. The van der Waals surface area contributed by atoms with Gasteiger partial charge in [0.2, 0.25) is 0 Å². The van der Waals surface area contributed by atoms with Crippen molar-refractivity contribution in [2.75, 3.05) is 13.7 Å².